The summed E-state index contributed by atoms with van der Waals surface area (Å²) >= 11 is 0. The predicted octanol–water partition coefficient (Wildman–Crippen LogP) is 2.38. The van der Waals surface area contributed by atoms with Crippen molar-refractivity contribution in [2.45, 2.75) is 32.7 Å². The zero-order chi connectivity index (χ0) is 14.3. The van der Waals surface area contributed by atoms with Gasteiger partial charge in [0.05, 0.1) is 0 Å². The third-order valence-corrected chi connectivity index (χ3v) is 2.70. The first-order chi connectivity index (χ1) is 9.02. The zero-order valence-electron chi connectivity index (χ0n) is 11.2. The number of amides is 1. The molecular formula is C15H19NO3. The summed E-state index contributed by atoms with van der Waals surface area (Å²) in [5.74, 6) is -1.39. The maximum Gasteiger partial charge on any atom is 0.326 e. The number of aryl methyl sites for hydroxylation is 1. The van der Waals surface area contributed by atoms with Gasteiger partial charge in [-0.2, -0.15) is 0 Å². The minimum Gasteiger partial charge on any atom is -0.480 e. The van der Waals surface area contributed by atoms with Gasteiger partial charge in [0.2, 0.25) is 5.91 Å². The van der Waals surface area contributed by atoms with Crippen LogP contribution in [0.4, 0.5) is 0 Å². The Labute approximate surface area is 113 Å². The number of carboxylic acid groups (broad SMARTS) is 1. The Hall–Kier alpha value is -2.10. The molecule has 1 atom stereocenters. The van der Waals surface area contributed by atoms with Crippen molar-refractivity contribution in [3.63, 3.8) is 0 Å². The molecule has 0 saturated carbocycles. The summed E-state index contributed by atoms with van der Waals surface area (Å²) in [4.78, 5) is 22.5. The maximum absolute atomic E-state index is 11.6. The van der Waals surface area contributed by atoms with Gasteiger partial charge in [-0.3, -0.25) is 4.79 Å². The molecule has 0 radical (unpaired) electrons. The average Bonchev–Trinajstić information content (AvgIpc) is 2.37. The Bertz CT molecular complexity index is 463. The van der Waals surface area contributed by atoms with E-state index in [9.17, 15) is 9.59 Å². The molecule has 0 aromatic heterocycles. The van der Waals surface area contributed by atoms with Crippen LogP contribution in [0.15, 0.2) is 30.3 Å². The molecule has 0 unspecified atom stereocenters. The normalized spacial score (nSPS) is 12.3. The first-order valence-electron chi connectivity index (χ1n) is 6.31. The maximum atomic E-state index is 11.6. The number of hydrogen-bond donors (Lipinski definition) is 2. The average molecular weight is 261 g/mol. The molecule has 0 saturated heterocycles. The largest absolute Gasteiger partial charge is 0.480 e. The molecule has 0 aliphatic carbocycles. The Morgan fingerprint density at radius 1 is 1.32 bits per heavy atom. The lowest BCUT2D eigenvalue weighted by atomic mass is 10.1. The number of rotatable bonds is 6. The van der Waals surface area contributed by atoms with Crippen LogP contribution in [0.2, 0.25) is 0 Å². The van der Waals surface area contributed by atoms with Gasteiger partial charge < -0.3 is 10.4 Å². The van der Waals surface area contributed by atoms with Crippen molar-refractivity contribution in [3.05, 3.63) is 41.5 Å². The third-order valence-electron chi connectivity index (χ3n) is 2.70. The highest BCUT2D eigenvalue weighted by Crippen LogP contribution is 2.05. The van der Waals surface area contributed by atoms with Crippen LogP contribution in [0.1, 0.15) is 30.9 Å². The lowest BCUT2D eigenvalue weighted by Gasteiger charge is -2.11. The summed E-state index contributed by atoms with van der Waals surface area (Å²) in [7, 11) is 0. The number of hydrogen-bond acceptors (Lipinski definition) is 2. The quantitative estimate of drug-likeness (QED) is 0.773. The van der Waals surface area contributed by atoms with Crippen molar-refractivity contribution in [1.82, 2.24) is 5.32 Å². The van der Waals surface area contributed by atoms with Gasteiger partial charge in [0.1, 0.15) is 6.04 Å². The smallest absolute Gasteiger partial charge is 0.326 e. The molecular weight excluding hydrogens is 242 g/mol. The van der Waals surface area contributed by atoms with E-state index in [-0.39, 0.29) is 5.91 Å². The lowest BCUT2D eigenvalue weighted by Crippen LogP contribution is -2.39. The van der Waals surface area contributed by atoms with Gasteiger partial charge in [-0.05, 0) is 25.0 Å². The molecule has 0 aliphatic rings. The molecule has 0 bridgehead atoms. The molecule has 19 heavy (non-hydrogen) atoms. The fourth-order valence-corrected chi connectivity index (χ4v) is 1.62. The monoisotopic (exact) mass is 261 g/mol. The van der Waals surface area contributed by atoms with Crippen LogP contribution in [0.3, 0.4) is 0 Å². The highest BCUT2D eigenvalue weighted by atomic mass is 16.4. The minimum atomic E-state index is -1.00. The fourth-order valence-electron chi connectivity index (χ4n) is 1.62. The summed E-state index contributed by atoms with van der Waals surface area (Å²) in [6, 6.07) is 6.89. The van der Waals surface area contributed by atoms with Crippen molar-refractivity contribution >= 4 is 18.0 Å². The van der Waals surface area contributed by atoms with Crippen LogP contribution < -0.4 is 5.32 Å². The second kappa shape index (κ2) is 7.36. The topological polar surface area (TPSA) is 66.4 Å². The Balaban J connectivity index is 2.58. The Morgan fingerprint density at radius 3 is 2.47 bits per heavy atom. The standard InChI is InChI=1S/C15H19NO3/c1-3-4-13(15(18)19)16-14(17)10-9-12-7-5-11(2)6-8-12/h5-10,13H,3-4H2,1-2H3,(H,16,17)(H,18,19)/b10-9+/t13-/m1/s1. The van der Waals surface area contributed by atoms with Crippen molar-refractivity contribution in [2.24, 2.45) is 0 Å². The molecule has 0 aliphatic heterocycles. The van der Waals surface area contributed by atoms with Crippen LogP contribution in [0, 0.1) is 6.92 Å². The molecule has 4 nitrogen and oxygen atoms in total. The van der Waals surface area contributed by atoms with E-state index in [0.29, 0.717) is 12.8 Å². The van der Waals surface area contributed by atoms with E-state index in [1.54, 1.807) is 6.08 Å². The Morgan fingerprint density at radius 2 is 1.95 bits per heavy atom. The number of carboxylic acids is 1. The summed E-state index contributed by atoms with van der Waals surface area (Å²) in [6.45, 7) is 3.87. The Kier molecular flexibility index (Phi) is 5.79. The van der Waals surface area contributed by atoms with Crippen molar-refractivity contribution < 1.29 is 14.7 Å². The third kappa shape index (κ3) is 5.38. The van der Waals surface area contributed by atoms with Gasteiger partial charge in [-0.25, -0.2) is 4.79 Å². The van der Waals surface area contributed by atoms with Gasteiger partial charge in [0.15, 0.2) is 0 Å². The van der Waals surface area contributed by atoms with E-state index in [2.05, 4.69) is 5.32 Å². The van der Waals surface area contributed by atoms with E-state index < -0.39 is 12.0 Å². The van der Waals surface area contributed by atoms with Gasteiger partial charge in [0.25, 0.3) is 0 Å². The fraction of sp³-hybridized carbons (Fsp3) is 0.333. The summed E-state index contributed by atoms with van der Waals surface area (Å²) in [5.41, 5.74) is 2.05. The second-order valence-electron chi connectivity index (χ2n) is 4.43. The number of benzene rings is 1. The van der Waals surface area contributed by atoms with E-state index in [1.165, 1.54) is 6.08 Å². The lowest BCUT2D eigenvalue weighted by molar-refractivity contribution is -0.141. The van der Waals surface area contributed by atoms with Crippen LogP contribution in [0.25, 0.3) is 6.08 Å². The molecule has 2 N–H and O–H groups in total. The van der Waals surface area contributed by atoms with Crippen molar-refractivity contribution in [2.75, 3.05) is 0 Å². The molecule has 1 amide bonds. The molecule has 0 fully saturated rings. The van der Waals surface area contributed by atoms with Gasteiger partial charge in [0, 0.05) is 6.08 Å². The van der Waals surface area contributed by atoms with Gasteiger partial charge in [-0.1, -0.05) is 43.2 Å². The minimum absolute atomic E-state index is 0.388. The van der Waals surface area contributed by atoms with E-state index in [0.717, 1.165) is 11.1 Å². The second-order valence-corrected chi connectivity index (χ2v) is 4.43. The van der Waals surface area contributed by atoms with Crippen LogP contribution in [0.5, 0.6) is 0 Å². The molecule has 1 aromatic carbocycles. The molecule has 102 valence electrons. The first-order valence-corrected chi connectivity index (χ1v) is 6.31. The molecule has 4 heteroatoms. The van der Waals surface area contributed by atoms with Crippen molar-refractivity contribution in [1.29, 1.82) is 0 Å². The molecule has 0 heterocycles. The van der Waals surface area contributed by atoms with Gasteiger partial charge in [-0.15, -0.1) is 0 Å². The van der Waals surface area contributed by atoms with Crippen LogP contribution in [-0.4, -0.2) is 23.0 Å². The van der Waals surface area contributed by atoms with E-state index in [4.69, 9.17) is 5.11 Å². The summed E-state index contributed by atoms with van der Waals surface area (Å²) < 4.78 is 0. The van der Waals surface area contributed by atoms with Crippen LogP contribution in [-0.2, 0) is 9.59 Å². The SMILES string of the molecule is CCC[C@@H](NC(=O)/C=C/c1ccc(C)cc1)C(=O)O. The number of aliphatic carboxylic acids is 1. The summed E-state index contributed by atoms with van der Waals surface area (Å²) in [6.07, 6.45) is 4.16. The van der Waals surface area contributed by atoms with Gasteiger partial charge >= 0.3 is 5.97 Å². The molecule has 1 aromatic rings. The van der Waals surface area contributed by atoms with Crippen LogP contribution >= 0.6 is 0 Å². The number of carbonyl (C=O) groups is 2. The predicted molar refractivity (Wildman–Crippen MR) is 74.7 cm³/mol. The summed E-state index contributed by atoms with van der Waals surface area (Å²) in [5, 5.41) is 11.4. The number of nitrogens with one attached hydrogen (secondary N) is 1. The zero-order valence-corrected chi connectivity index (χ0v) is 11.2. The van der Waals surface area contributed by atoms with E-state index >= 15 is 0 Å². The highest BCUT2D eigenvalue weighted by Gasteiger charge is 2.17. The number of carbonyl (C=O) groups excluding carboxylic acids is 1. The van der Waals surface area contributed by atoms with Crippen molar-refractivity contribution in [3.8, 4) is 0 Å². The highest BCUT2D eigenvalue weighted by molar-refractivity contribution is 5.94. The molecule has 1 rings (SSSR count). The first kappa shape index (κ1) is 15.0. The van der Waals surface area contributed by atoms with E-state index in [1.807, 2.05) is 38.1 Å². The molecule has 0 spiro atoms.